The summed E-state index contributed by atoms with van der Waals surface area (Å²) in [5, 5.41) is 0.0647. The van der Waals surface area contributed by atoms with Gasteiger partial charge in [-0.05, 0) is 31.0 Å². The first kappa shape index (κ1) is 16.7. The Hall–Kier alpha value is -0.670. The van der Waals surface area contributed by atoms with Crippen molar-refractivity contribution in [3.05, 3.63) is 28.8 Å². The molecule has 0 saturated carbocycles. The van der Waals surface area contributed by atoms with Crippen LogP contribution in [0.3, 0.4) is 0 Å². The summed E-state index contributed by atoms with van der Waals surface area (Å²) in [6, 6.07) is 4.44. The maximum absolute atomic E-state index is 12.4. The lowest BCUT2D eigenvalue weighted by atomic mass is 10.0. The van der Waals surface area contributed by atoms with Crippen LogP contribution in [0.4, 0.5) is 0 Å². The average Bonchev–Trinajstić information content (AvgIpc) is 2.61. The molecule has 0 radical (unpaired) electrons. The first-order valence-corrected chi connectivity index (χ1v) is 9.98. The van der Waals surface area contributed by atoms with Gasteiger partial charge < -0.3 is 5.73 Å². The Morgan fingerprint density at radius 1 is 1.43 bits per heavy atom. The second-order valence-electron chi connectivity index (χ2n) is 5.48. The van der Waals surface area contributed by atoms with E-state index in [1.807, 2.05) is 0 Å². The maximum Gasteiger partial charge on any atom is 0.242 e. The van der Waals surface area contributed by atoms with E-state index in [1.165, 1.54) is 12.1 Å². The smallest absolute Gasteiger partial charge is 0.242 e. The SMILES string of the molecule is CC1(NS(=O)(=O)c2ccc(CN)cc2Cl)CCS(=O)(=O)C1. The topological polar surface area (TPSA) is 106 Å². The van der Waals surface area contributed by atoms with E-state index < -0.39 is 25.4 Å². The van der Waals surface area contributed by atoms with Crippen molar-refractivity contribution in [3.8, 4) is 0 Å². The molecule has 9 heteroatoms. The van der Waals surface area contributed by atoms with Crippen LogP contribution < -0.4 is 10.5 Å². The molecule has 1 atom stereocenters. The Kier molecular flexibility index (Phi) is 4.38. The third-order valence-electron chi connectivity index (χ3n) is 3.41. The third-order valence-corrected chi connectivity index (χ3v) is 7.43. The molecule has 1 aliphatic heterocycles. The second kappa shape index (κ2) is 5.51. The predicted molar refractivity (Wildman–Crippen MR) is 81.3 cm³/mol. The summed E-state index contributed by atoms with van der Waals surface area (Å²) in [6.07, 6.45) is 0.243. The van der Waals surface area contributed by atoms with Gasteiger partial charge in [-0.15, -0.1) is 0 Å². The number of hydrogen-bond acceptors (Lipinski definition) is 5. The zero-order valence-corrected chi connectivity index (χ0v) is 13.9. The van der Waals surface area contributed by atoms with Crippen LogP contribution in [0.25, 0.3) is 0 Å². The Labute approximate surface area is 129 Å². The van der Waals surface area contributed by atoms with Crippen LogP contribution in [0.1, 0.15) is 18.9 Å². The number of sulfone groups is 1. The molecule has 0 spiro atoms. The molecule has 1 saturated heterocycles. The van der Waals surface area contributed by atoms with Crippen LogP contribution >= 0.6 is 11.6 Å². The minimum absolute atomic E-state index is 0.0220. The molecule has 0 aliphatic carbocycles. The molecule has 3 N–H and O–H groups in total. The summed E-state index contributed by atoms with van der Waals surface area (Å²) in [6.45, 7) is 1.83. The first-order chi connectivity index (χ1) is 9.57. The lowest BCUT2D eigenvalue weighted by Gasteiger charge is -2.24. The van der Waals surface area contributed by atoms with E-state index in [0.717, 1.165) is 0 Å². The molecule has 6 nitrogen and oxygen atoms in total. The predicted octanol–water partition coefficient (Wildman–Crippen LogP) is 0.654. The summed E-state index contributed by atoms with van der Waals surface area (Å²) >= 11 is 5.99. The molecule has 1 unspecified atom stereocenters. The quantitative estimate of drug-likeness (QED) is 0.827. The lowest BCUT2D eigenvalue weighted by Crippen LogP contribution is -2.46. The van der Waals surface area contributed by atoms with Gasteiger partial charge in [0.05, 0.1) is 16.5 Å². The number of hydrogen-bond donors (Lipinski definition) is 2. The third kappa shape index (κ3) is 3.75. The van der Waals surface area contributed by atoms with Gasteiger partial charge in [-0.25, -0.2) is 21.6 Å². The van der Waals surface area contributed by atoms with E-state index in [1.54, 1.807) is 13.0 Å². The number of halogens is 1. The van der Waals surface area contributed by atoms with Crippen LogP contribution in [-0.2, 0) is 26.4 Å². The van der Waals surface area contributed by atoms with Crippen molar-refractivity contribution < 1.29 is 16.8 Å². The monoisotopic (exact) mass is 352 g/mol. The molecule has 1 aromatic carbocycles. The number of benzene rings is 1. The molecule has 1 heterocycles. The zero-order chi connectivity index (χ0) is 15.9. The highest BCUT2D eigenvalue weighted by atomic mass is 35.5. The molecule has 21 heavy (non-hydrogen) atoms. The Bertz CT molecular complexity index is 761. The average molecular weight is 353 g/mol. The van der Waals surface area contributed by atoms with Gasteiger partial charge in [-0.2, -0.15) is 0 Å². The minimum atomic E-state index is -3.90. The van der Waals surface area contributed by atoms with Crippen LogP contribution in [0, 0.1) is 0 Å². The number of rotatable bonds is 4. The van der Waals surface area contributed by atoms with E-state index in [-0.39, 0.29) is 34.4 Å². The fourth-order valence-corrected chi connectivity index (χ4v) is 6.55. The Morgan fingerprint density at radius 3 is 2.57 bits per heavy atom. The Balaban J connectivity index is 2.31. The highest BCUT2D eigenvalue weighted by Gasteiger charge is 2.41. The van der Waals surface area contributed by atoms with Gasteiger partial charge in [-0.1, -0.05) is 17.7 Å². The van der Waals surface area contributed by atoms with Gasteiger partial charge >= 0.3 is 0 Å². The van der Waals surface area contributed by atoms with E-state index in [2.05, 4.69) is 4.72 Å². The van der Waals surface area contributed by atoms with Crippen LogP contribution in [0.15, 0.2) is 23.1 Å². The number of nitrogens with two attached hydrogens (primary N) is 1. The van der Waals surface area contributed by atoms with Crippen LogP contribution in [0.5, 0.6) is 0 Å². The minimum Gasteiger partial charge on any atom is -0.326 e. The van der Waals surface area contributed by atoms with Crippen molar-refractivity contribution in [3.63, 3.8) is 0 Å². The molecule has 118 valence electrons. The molecule has 1 aliphatic rings. The Morgan fingerprint density at radius 2 is 2.10 bits per heavy atom. The van der Waals surface area contributed by atoms with Crippen LogP contribution in [-0.4, -0.2) is 33.9 Å². The largest absolute Gasteiger partial charge is 0.326 e. The van der Waals surface area contributed by atoms with Crippen molar-refractivity contribution in [1.82, 2.24) is 4.72 Å². The van der Waals surface area contributed by atoms with Crippen molar-refractivity contribution in [1.29, 1.82) is 0 Å². The molecular weight excluding hydrogens is 336 g/mol. The molecule has 0 aromatic heterocycles. The van der Waals surface area contributed by atoms with Gasteiger partial charge in [0, 0.05) is 12.1 Å². The van der Waals surface area contributed by atoms with Crippen LogP contribution in [0.2, 0.25) is 5.02 Å². The highest BCUT2D eigenvalue weighted by Crippen LogP contribution is 2.28. The summed E-state index contributed by atoms with van der Waals surface area (Å²) in [4.78, 5) is -0.0770. The first-order valence-electron chi connectivity index (χ1n) is 6.30. The number of nitrogens with one attached hydrogen (secondary N) is 1. The summed E-state index contributed by atoms with van der Waals surface area (Å²) in [5.41, 5.74) is 5.18. The molecule has 2 rings (SSSR count). The van der Waals surface area contributed by atoms with Gasteiger partial charge in [0.25, 0.3) is 0 Å². The second-order valence-corrected chi connectivity index (χ2v) is 9.72. The lowest BCUT2D eigenvalue weighted by molar-refractivity contribution is 0.462. The van der Waals surface area contributed by atoms with Gasteiger partial charge in [0.1, 0.15) is 4.90 Å². The van der Waals surface area contributed by atoms with E-state index in [4.69, 9.17) is 17.3 Å². The normalized spacial score (nSPS) is 25.1. The molecule has 1 aromatic rings. The molecule has 0 bridgehead atoms. The van der Waals surface area contributed by atoms with Gasteiger partial charge in [-0.3, -0.25) is 0 Å². The van der Waals surface area contributed by atoms with Crippen molar-refractivity contribution >= 4 is 31.5 Å². The van der Waals surface area contributed by atoms with E-state index in [9.17, 15) is 16.8 Å². The summed E-state index contributed by atoms with van der Waals surface area (Å²) < 4.78 is 50.4. The van der Waals surface area contributed by atoms with Crippen molar-refractivity contribution in [2.75, 3.05) is 11.5 Å². The van der Waals surface area contributed by atoms with E-state index in [0.29, 0.717) is 5.56 Å². The fourth-order valence-electron chi connectivity index (χ4n) is 2.36. The van der Waals surface area contributed by atoms with Crippen molar-refractivity contribution in [2.24, 2.45) is 5.73 Å². The zero-order valence-electron chi connectivity index (χ0n) is 11.5. The van der Waals surface area contributed by atoms with E-state index >= 15 is 0 Å². The highest BCUT2D eigenvalue weighted by molar-refractivity contribution is 7.92. The fraction of sp³-hybridized carbons (Fsp3) is 0.500. The molecule has 0 amide bonds. The summed E-state index contributed by atoms with van der Waals surface area (Å²) in [7, 11) is -7.10. The van der Waals surface area contributed by atoms with Gasteiger partial charge in [0.2, 0.25) is 10.0 Å². The van der Waals surface area contributed by atoms with Crippen molar-refractivity contribution in [2.45, 2.75) is 30.3 Å². The van der Waals surface area contributed by atoms with Gasteiger partial charge in [0.15, 0.2) is 9.84 Å². The standard InChI is InChI=1S/C12H17ClN2O4S2/c1-12(4-5-20(16,17)8-12)15-21(18,19)11-3-2-9(7-14)6-10(11)13/h2-3,6,15H,4-5,7-8,14H2,1H3. The summed E-state index contributed by atoms with van der Waals surface area (Å²) in [5.74, 6) is -0.233. The molecule has 1 fully saturated rings. The maximum atomic E-state index is 12.4. The number of sulfonamides is 1. The molecular formula is C12H17ClN2O4S2.